The maximum Gasteiger partial charge on any atom is 0.290 e. The van der Waals surface area contributed by atoms with Crippen LogP contribution in [-0.4, -0.2) is 48.7 Å². The van der Waals surface area contributed by atoms with Crippen LogP contribution in [0.4, 0.5) is 5.82 Å². The van der Waals surface area contributed by atoms with Crippen molar-refractivity contribution in [2.24, 2.45) is 0 Å². The largest absolute Gasteiger partial charge is 0.483 e. The van der Waals surface area contributed by atoms with Gasteiger partial charge in [0.05, 0.1) is 12.6 Å². The van der Waals surface area contributed by atoms with E-state index in [1.807, 2.05) is 34.7 Å². The molecule has 3 N–H and O–H groups in total. The van der Waals surface area contributed by atoms with Crippen molar-refractivity contribution in [1.29, 1.82) is 0 Å². The summed E-state index contributed by atoms with van der Waals surface area (Å²) >= 11 is 0. The summed E-state index contributed by atoms with van der Waals surface area (Å²) in [5.74, 6) is 1.74. The Labute approximate surface area is 167 Å². The lowest BCUT2D eigenvalue weighted by Gasteiger charge is -2.35. The van der Waals surface area contributed by atoms with E-state index >= 15 is 0 Å². The van der Waals surface area contributed by atoms with Gasteiger partial charge in [-0.3, -0.25) is 9.59 Å². The highest BCUT2D eigenvalue weighted by molar-refractivity contribution is 5.93. The van der Waals surface area contributed by atoms with Crippen LogP contribution in [0.1, 0.15) is 33.7 Å². The van der Waals surface area contributed by atoms with Gasteiger partial charge in [-0.15, -0.1) is 0 Å². The number of carboxylic acid groups (broad SMARTS) is 1. The number of benzene rings is 1. The number of nitrogen functional groups attached to an aromatic ring is 1. The van der Waals surface area contributed by atoms with Crippen LogP contribution >= 0.6 is 0 Å². The molecule has 0 saturated carbocycles. The Balaban J connectivity index is 0.000000755. The predicted molar refractivity (Wildman–Crippen MR) is 106 cm³/mol. The molecule has 0 spiro atoms. The van der Waals surface area contributed by atoms with E-state index in [1.165, 1.54) is 0 Å². The monoisotopic (exact) mass is 394 g/mol. The number of carbonyl (C=O) groups excluding carboxylic acids is 1. The van der Waals surface area contributed by atoms with Crippen LogP contribution in [-0.2, 0) is 17.8 Å². The molecule has 150 valence electrons. The number of rotatable bonds is 3. The Bertz CT molecular complexity index is 989. The van der Waals surface area contributed by atoms with Gasteiger partial charge in [0.25, 0.3) is 12.4 Å². The van der Waals surface area contributed by atoms with Crippen molar-refractivity contribution in [3.63, 3.8) is 0 Å². The zero-order valence-corrected chi connectivity index (χ0v) is 16.0. The molecule has 9 heteroatoms. The summed E-state index contributed by atoms with van der Waals surface area (Å²) in [6.45, 7) is 2.80. The normalized spacial score (nSPS) is 15.1. The third kappa shape index (κ3) is 4.57. The van der Waals surface area contributed by atoms with Gasteiger partial charge in [-0.05, 0) is 24.6 Å². The molecule has 0 saturated heterocycles. The fraction of sp³-hybridized carbons (Fsp3) is 0.250. The zero-order chi connectivity index (χ0) is 20.8. The molecule has 1 atom stereocenters. The molecule has 4 rings (SSSR count). The predicted octanol–water partition coefficient (Wildman–Crippen LogP) is 1.70. The summed E-state index contributed by atoms with van der Waals surface area (Å²) in [4.78, 5) is 32.1. The molecule has 1 aliphatic rings. The molecule has 3 aromatic rings. The molecule has 1 aliphatic heterocycles. The van der Waals surface area contributed by atoms with Crippen LogP contribution in [0, 0.1) is 6.92 Å². The van der Waals surface area contributed by atoms with Crippen LogP contribution in [0.5, 0.6) is 0 Å². The first-order valence-corrected chi connectivity index (χ1v) is 9.10. The van der Waals surface area contributed by atoms with Crippen LogP contribution < -0.4 is 5.73 Å². The maximum atomic E-state index is 13.1. The molecule has 2 aromatic heterocycles. The van der Waals surface area contributed by atoms with Gasteiger partial charge in [-0.25, -0.2) is 14.6 Å². The summed E-state index contributed by atoms with van der Waals surface area (Å²) in [5.41, 5.74) is 7.25. The SMILES string of the molecule is Cc1nc2n(n1)CCN(C(=O)c1cccc(N)n1)[C@H]2Cc1ccccc1.O=CO. The number of amides is 1. The lowest BCUT2D eigenvalue weighted by atomic mass is 10.0. The number of nitrogens with two attached hydrogens (primary N) is 1. The summed E-state index contributed by atoms with van der Waals surface area (Å²) in [7, 11) is 0. The molecule has 0 bridgehead atoms. The number of pyridine rings is 1. The average molecular weight is 394 g/mol. The van der Waals surface area contributed by atoms with Crippen LogP contribution in [0.3, 0.4) is 0 Å². The van der Waals surface area contributed by atoms with E-state index in [0.29, 0.717) is 31.0 Å². The van der Waals surface area contributed by atoms with Crippen molar-refractivity contribution >= 4 is 18.2 Å². The second kappa shape index (κ2) is 8.96. The van der Waals surface area contributed by atoms with E-state index in [2.05, 4.69) is 27.2 Å². The second-order valence-corrected chi connectivity index (χ2v) is 6.50. The first kappa shape index (κ1) is 20.0. The van der Waals surface area contributed by atoms with E-state index < -0.39 is 0 Å². The summed E-state index contributed by atoms with van der Waals surface area (Å²) in [6, 6.07) is 15.0. The Morgan fingerprint density at radius 2 is 1.90 bits per heavy atom. The Morgan fingerprint density at radius 3 is 2.59 bits per heavy atom. The summed E-state index contributed by atoms with van der Waals surface area (Å²) < 4.78 is 1.90. The molecular weight excluding hydrogens is 372 g/mol. The van der Waals surface area contributed by atoms with Gasteiger partial charge in [0.1, 0.15) is 23.2 Å². The first-order valence-electron chi connectivity index (χ1n) is 9.10. The molecular formula is C20H22N6O3. The van der Waals surface area contributed by atoms with Crippen LogP contribution in [0.25, 0.3) is 0 Å². The minimum Gasteiger partial charge on any atom is -0.483 e. The second-order valence-electron chi connectivity index (χ2n) is 6.50. The zero-order valence-electron chi connectivity index (χ0n) is 16.0. The van der Waals surface area contributed by atoms with Crippen LogP contribution in [0.15, 0.2) is 48.5 Å². The lowest BCUT2D eigenvalue weighted by molar-refractivity contribution is -0.122. The van der Waals surface area contributed by atoms with Gasteiger partial charge in [-0.2, -0.15) is 5.10 Å². The lowest BCUT2D eigenvalue weighted by Crippen LogP contribution is -2.43. The van der Waals surface area contributed by atoms with Gasteiger partial charge in [0.2, 0.25) is 0 Å². The third-order valence-electron chi connectivity index (χ3n) is 4.56. The standard InChI is InChI=1S/C19H20N6O.CH2O2/c1-13-21-18-16(12-14-6-3-2-4-7-14)24(10-11-25(18)23-13)19(26)15-8-5-9-17(20)22-15;2-1-3/h2-9,16H,10-12H2,1H3,(H2,20,22);1H,(H,2,3)/t16-;/m0./s1. The topological polar surface area (TPSA) is 127 Å². The van der Waals surface area contributed by atoms with E-state index in [1.54, 1.807) is 18.2 Å². The number of fused-ring (bicyclic) bond motifs is 1. The van der Waals surface area contributed by atoms with E-state index in [-0.39, 0.29) is 18.4 Å². The molecule has 0 unspecified atom stereocenters. The minimum absolute atomic E-state index is 0.134. The highest BCUT2D eigenvalue weighted by atomic mass is 16.3. The van der Waals surface area contributed by atoms with Gasteiger partial charge in [0, 0.05) is 13.0 Å². The fourth-order valence-electron chi connectivity index (χ4n) is 3.38. The number of carbonyl (C=O) groups is 2. The quantitative estimate of drug-likeness (QED) is 0.647. The van der Waals surface area contributed by atoms with Gasteiger partial charge < -0.3 is 15.7 Å². The summed E-state index contributed by atoms with van der Waals surface area (Å²) in [5, 5.41) is 11.3. The maximum absolute atomic E-state index is 13.1. The van der Waals surface area contributed by atoms with Gasteiger partial charge in [-0.1, -0.05) is 36.4 Å². The van der Waals surface area contributed by atoms with Gasteiger partial charge >= 0.3 is 0 Å². The smallest absolute Gasteiger partial charge is 0.290 e. The number of nitrogens with zero attached hydrogens (tertiary/aromatic N) is 5. The van der Waals surface area contributed by atoms with Crippen molar-refractivity contribution in [2.75, 3.05) is 12.3 Å². The molecule has 9 nitrogen and oxygen atoms in total. The molecule has 3 heterocycles. The van der Waals surface area contributed by atoms with Crippen molar-refractivity contribution < 1.29 is 14.7 Å². The molecule has 1 amide bonds. The highest BCUT2D eigenvalue weighted by Gasteiger charge is 2.34. The molecule has 0 fully saturated rings. The number of aryl methyl sites for hydroxylation is 1. The highest BCUT2D eigenvalue weighted by Crippen LogP contribution is 2.29. The number of anilines is 1. The molecule has 0 radical (unpaired) electrons. The van der Waals surface area contributed by atoms with Crippen LogP contribution in [0.2, 0.25) is 0 Å². The van der Waals surface area contributed by atoms with E-state index in [9.17, 15) is 4.79 Å². The average Bonchev–Trinajstić information content (AvgIpc) is 3.10. The number of hydrogen-bond acceptors (Lipinski definition) is 6. The first-order chi connectivity index (χ1) is 14.0. The number of hydrogen-bond donors (Lipinski definition) is 2. The van der Waals surface area contributed by atoms with E-state index in [0.717, 1.165) is 17.2 Å². The molecule has 0 aliphatic carbocycles. The Hall–Kier alpha value is -3.75. The van der Waals surface area contributed by atoms with Crippen molar-refractivity contribution in [2.45, 2.75) is 25.9 Å². The number of aromatic nitrogens is 4. The van der Waals surface area contributed by atoms with Crippen molar-refractivity contribution in [1.82, 2.24) is 24.6 Å². The van der Waals surface area contributed by atoms with Crippen molar-refractivity contribution in [3.05, 3.63) is 71.4 Å². The molecule has 1 aromatic carbocycles. The van der Waals surface area contributed by atoms with Crippen molar-refractivity contribution in [3.8, 4) is 0 Å². The minimum atomic E-state index is -0.250. The Kier molecular flexibility index (Phi) is 6.18. The van der Waals surface area contributed by atoms with Gasteiger partial charge in [0.15, 0.2) is 0 Å². The Morgan fingerprint density at radius 1 is 1.17 bits per heavy atom. The summed E-state index contributed by atoms with van der Waals surface area (Å²) in [6.07, 6.45) is 0.674. The molecule has 29 heavy (non-hydrogen) atoms. The van der Waals surface area contributed by atoms with E-state index in [4.69, 9.17) is 15.6 Å². The fourth-order valence-corrected chi connectivity index (χ4v) is 3.38. The third-order valence-corrected chi connectivity index (χ3v) is 4.56.